The second-order valence-electron chi connectivity index (χ2n) is 14.7. The van der Waals surface area contributed by atoms with E-state index in [9.17, 15) is 0 Å². The van der Waals surface area contributed by atoms with Gasteiger partial charge in [-0.05, 0) is 85.0 Å². The van der Waals surface area contributed by atoms with E-state index < -0.39 is 0 Å². The molecule has 1 aromatic heterocycles. The zero-order valence-electron chi connectivity index (χ0n) is 30.5. The summed E-state index contributed by atoms with van der Waals surface area (Å²) in [5.74, 6) is 2.31. The highest BCUT2D eigenvalue weighted by Gasteiger charge is 2.32. The van der Waals surface area contributed by atoms with Gasteiger partial charge in [0.15, 0.2) is 17.5 Å². The number of nitrogens with zero attached hydrogens (tertiary/aromatic N) is 3. The zero-order chi connectivity index (χ0) is 37.0. The van der Waals surface area contributed by atoms with Crippen molar-refractivity contribution in [3.63, 3.8) is 0 Å². The summed E-state index contributed by atoms with van der Waals surface area (Å²) in [5.41, 5.74) is 18.5. The quantitative estimate of drug-likeness (QED) is 0.172. The van der Waals surface area contributed by atoms with Crippen molar-refractivity contribution in [1.29, 1.82) is 0 Å². The first-order valence-corrected chi connectivity index (χ1v) is 19.3. The first-order chi connectivity index (χ1) is 27.8. The number of benzene rings is 8. The van der Waals surface area contributed by atoms with Gasteiger partial charge in [0, 0.05) is 28.5 Å². The molecule has 2 aliphatic rings. The highest BCUT2D eigenvalue weighted by Crippen LogP contribution is 2.51. The number of hydrogen-bond acceptors (Lipinski definition) is 3. The van der Waals surface area contributed by atoms with E-state index >= 15 is 0 Å². The maximum Gasteiger partial charge on any atom is 0.164 e. The molecule has 56 heavy (non-hydrogen) atoms. The van der Waals surface area contributed by atoms with E-state index in [4.69, 9.17) is 15.0 Å². The lowest BCUT2D eigenvalue weighted by atomic mass is 9.87. The Kier molecular flexibility index (Phi) is 7.63. The van der Waals surface area contributed by atoms with Gasteiger partial charge in [0.2, 0.25) is 0 Å². The molecule has 2 atom stereocenters. The SMILES string of the molecule is c1ccc(-c2nc(-c3ccccc3)nc(-c3cccc(C4c5ccccc5-c5cc(-c6ccc7c(c6)-c6ccccc6C7c6ccccc6)ccc54)c3)n2)cc1. The Hall–Kier alpha value is -7.23. The molecule has 11 rings (SSSR count). The third-order valence-corrected chi connectivity index (χ3v) is 11.5. The van der Waals surface area contributed by atoms with Crippen LogP contribution >= 0.6 is 0 Å². The van der Waals surface area contributed by atoms with Crippen LogP contribution in [0.1, 0.15) is 45.2 Å². The second kappa shape index (κ2) is 13.3. The summed E-state index contributed by atoms with van der Waals surface area (Å²) < 4.78 is 0. The molecule has 2 unspecified atom stereocenters. The Balaban J connectivity index is 0.995. The predicted molar refractivity (Wildman–Crippen MR) is 227 cm³/mol. The van der Waals surface area contributed by atoms with Gasteiger partial charge >= 0.3 is 0 Å². The minimum absolute atomic E-state index is 0.0813. The average Bonchev–Trinajstić information content (AvgIpc) is 3.79. The summed E-state index contributed by atoms with van der Waals surface area (Å²) in [6.45, 7) is 0. The van der Waals surface area contributed by atoms with Crippen LogP contribution in [0.3, 0.4) is 0 Å². The van der Waals surface area contributed by atoms with Crippen LogP contribution in [0, 0.1) is 0 Å². The lowest BCUT2D eigenvalue weighted by molar-refractivity contribution is 1.01. The van der Waals surface area contributed by atoms with Gasteiger partial charge in [-0.25, -0.2) is 15.0 Å². The molecule has 0 amide bonds. The lowest BCUT2D eigenvalue weighted by Crippen LogP contribution is -2.02. The summed E-state index contributed by atoms with van der Waals surface area (Å²) in [6, 6.07) is 71.9. The fraction of sp³-hybridized carbons (Fsp3) is 0.0377. The maximum absolute atomic E-state index is 5.04. The summed E-state index contributed by atoms with van der Waals surface area (Å²) in [4.78, 5) is 15.0. The molecule has 0 N–H and O–H groups in total. The van der Waals surface area contributed by atoms with Gasteiger partial charge in [-0.3, -0.25) is 0 Å². The molecular weight excluding hydrogens is 679 g/mol. The molecular formula is C53H35N3. The predicted octanol–water partition coefficient (Wildman–Crippen LogP) is 12.9. The minimum Gasteiger partial charge on any atom is -0.208 e. The van der Waals surface area contributed by atoms with E-state index in [0.29, 0.717) is 17.5 Å². The number of fused-ring (bicyclic) bond motifs is 6. The van der Waals surface area contributed by atoms with E-state index in [1.807, 2.05) is 60.7 Å². The molecule has 2 aliphatic carbocycles. The van der Waals surface area contributed by atoms with Crippen LogP contribution in [-0.2, 0) is 0 Å². The average molecular weight is 714 g/mol. The Bertz CT molecular complexity index is 2860. The van der Waals surface area contributed by atoms with Crippen molar-refractivity contribution in [2.75, 3.05) is 0 Å². The van der Waals surface area contributed by atoms with Crippen LogP contribution in [0.15, 0.2) is 200 Å². The van der Waals surface area contributed by atoms with Crippen LogP contribution in [0.5, 0.6) is 0 Å². The van der Waals surface area contributed by atoms with Gasteiger partial charge in [0.05, 0.1) is 0 Å². The Morgan fingerprint density at radius 1 is 0.250 bits per heavy atom. The highest BCUT2D eigenvalue weighted by atomic mass is 15.0. The molecule has 3 heteroatoms. The molecule has 3 nitrogen and oxygen atoms in total. The number of rotatable bonds is 6. The van der Waals surface area contributed by atoms with Crippen molar-refractivity contribution in [2.45, 2.75) is 11.8 Å². The standard InChI is InChI=1S/C53H35N3/c1-4-15-34(16-5-1)49-43-25-12-10-23-41(43)47-32-37(27-29-45(47)49)38-28-30-46-48(33-38)42-24-11-13-26-44(42)50(46)39-21-14-22-40(31-39)53-55-51(35-17-6-2-7-18-35)54-52(56-53)36-19-8-3-9-20-36/h1-33,49-50H. The van der Waals surface area contributed by atoms with Gasteiger partial charge in [-0.2, -0.15) is 0 Å². The van der Waals surface area contributed by atoms with Crippen LogP contribution in [0.4, 0.5) is 0 Å². The van der Waals surface area contributed by atoms with E-state index in [-0.39, 0.29) is 11.8 Å². The van der Waals surface area contributed by atoms with Crippen molar-refractivity contribution in [2.24, 2.45) is 0 Å². The fourth-order valence-electron chi connectivity index (χ4n) is 8.92. The highest BCUT2D eigenvalue weighted by molar-refractivity contribution is 5.88. The summed E-state index contributed by atoms with van der Waals surface area (Å²) in [6.07, 6.45) is 0. The third kappa shape index (κ3) is 5.39. The van der Waals surface area contributed by atoms with Crippen molar-refractivity contribution in [1.82, 2.24) is 15.0 Å². The van der Waals surface area contributed by atoms with E-state index in [1.165, 1.54) is 66.8 Å². The molecule has 0 radical (unpaired) electrons. The molecule has 262 valence electrons. The molecule has 0 aliphatic heterocycles. The first-order valence-electron chi connectivity index (χ1n) is 19.3. The van der Waals surface area contributed by atoms with Gasteiger partial charge in [-0.1, -0.05) is 182 Å². The molecule has 0 saturated carbocycles. The van der Waals surface area contributed by atoms with Crippen molar-refractivity contribution in [3.8, 4) is 67.5 Å². The molecule has 0 saturated heterocycles. The largest absolute Gasteiger partial charge is 0.208 e. The summed E-state index contributed by atoms with van der Waals surface area (Å²) >= 11 is 0. The minimum atomic E-state index is 0.0813. The Morgan fingerprint density at radius 3 is 1.18 bits per heavy atom. The lowest BCUT2D eigenvalue weighted by Gasteiger charge is -2.16. The molecule has 0 bridgehead atoms. The van der Waals surface area contributed by atoms with Crippen LogP contribution in [0.25, 0.3) is 67.5 Å². The van der Waals surface area contributed by atoms with Crippen LogP contribution < -0.4 is 0 Å². The first kappa shape index (κ1) is 32.2. The van der Waals surface area contributed by atoms with Gasteiger partial charge in [0.25, 0.3) is 0 Å². The van der Waals surface area contributed by atoms with E-state index in [1.54, 1.807) is 0 Å². The summed E-state index contributed by atoms with van der Waals surface area (Å²) in [7, 11) is 0. The molecule has 8 aromatic carbocycles. The van der Waals surface area contributed by atoms with Crippen molar-refractivity contribution < 1.29 is 0 Å². The topological polar surface area (TPSA) is 38.7 Å². The smallest absolute Gasteiger partial charge is 0.164 e. The number of hydrogen-bond donors (Lipinski definition) is 0. The van der Waals surface area contributed by atoms with Gasteiger partial charge in [-0.15, -0.1) is 0 Å². The van der Waals surface area contributed by atoms with Crippen LogP contribution in [-0.4, -0.2) is 15.0 Å². The second-order valence-corrected chi connectivity index (χ2v) is 14.7. The monoisotopic (exact) mass is 713 g/mol. The Labute approximate surface area is 326 Å². The molecule has 0 spiro atoms. The van der Waals surface area contributed by atoms with Gasteiger partial charge in [0.1, 0.15) is 0 Å². The normalized spacial score (nSPS) is 14.8. The number of aromatic nitrogens is 3. The third-order valence-electron chi connectivity index (χ3n) is 11.5. The molecule has 0 fully saturated rings. The molecule has 9 aromatic rings. The van der Waals surface area contributed by atoms with Crippen LogP contribution in [0.2, 0.25) is 0 Å². The summed E-state index contributed by atoms with van der Waals surface area (Å²) in [5, 5.41) is 0. The van der Waals surface area contributed by atoms with Crippen molar-refractivity contribution in [3.05, 3.63) is 234 Å². The zero-order valence-corrected chi connectivity index (χ0v) is 30.5. The van der Waals surface area contributed by atoms with E-state index in [2.05, 4.69) is 140 Å². The maximum atomic E-state index is 5.04. The molecule has 1 heterocycles. The Morgan fingerprint density at radius 2 is 0.643 bits per heavy atom. The van der Waals surface area contributed by atoms with Crippen molar-refractivity contribution >= 4 is 0 Å². The van der Waals surface area contributed by atoms with E-state index in [0.717, 1.165) is 16.7 Å². The fourth-order valence-corrected chi connectivity index (χ4v) is 8.92. The van der Waals surface area contributed by atoms with Gasteiger partial charge < -0.3 is 0 Å².